The van der Waals surface area contributed by atoms with Crippen LogP contribution in [0.1, 0.15) is 17.3 Å². The van der Waals surface area contributed by atoms with Crippen LogP contribution in [0.4, 0.5) is 10.1 Å². The Kier molecular flexibility index (Phi) is 6.43. The van der Waals surface area contributed by atoms with E-state index in [4.69, 9.17) is 4.74 Å². The number of halogens is 1. The molecule has 1 atom stereocenters. The molecule has 136 valence electrons. The molecule has 26 heavy (non-hydrogen) atoms. The molecule has 0 saturated carbocycles. The van der Waals surface area contributed by atoms with E-state index in [-0.39, 0.29) is 5.56 Å². The molecule has 0 aliphatic carbocycles. The Labute approximate surface area is 150 Å². The summed E-state index contributed by atoms with van der Waals surface area (Å²) in [5.41, 5.74) is 0.755. The van der Waals surface area contributed by atoms with Crippen molar-refractivity contribution in [2.45, 2.75) is 13.0 Å². The molecule has 0 aliphatic rings. The topological polar surface area (TPSA) is 75.7 Å². The van der Waals surface area contributed by atoms with E-state index in [0.717, 1.165) is 6.07 Å². The Bertz CT molecular complexity index is 795. The molecule has 0 bridgehead atoms. The maximum atomic E-state index is 13.1. The van der Waals surface area contributed by atoms with Crippen molar-refractivity contribution in [3.05, 3.63) is 66.0 Å². The van der Waals surface area contributed by atoms with E-state index in [0.29, 0.717) is 5.69 Å². The van der Waals surface area contributed by atoms with Crippen molar-refractivity contribution in [2.75, 3.05) is 18.5 Å². The summed E-state index contributed by atoms with van der Waals surface area (Å²) in [6.07, 6.45) is -1.02. The number of carbonyl (C=O) groups excluding carboxylic acids is 3. The van der Waals surface area contributed by atoms with E-state index < -0.39 is 36.2 Å². The Morgan fingerprint density at radius 2 is 1.81 bits per heavy atom. The fraction of sp³-hybridized carbons (Fsp3) is 0.211. The van der Waals surface area contributed by atoms with Gasteiger partial charge in [-0.3, -0.25) is 14.4 Å². The zero-order valence-electron chi connectivity index (χ0n) is 14.4. The lowest BCUT2D eigenvalue weighted by atomic mass is 10.2. The number of rotatable bonds is 6. The molecule has 0 fully saturated rings. The minimum atomic E-state index is -1.02. The monoisotopic (exact) mass is 358 g/mol. The smallest absolute Gasteiger partial charge is 0.326 e. The SMILES string of the molecule is C[C@@H](OC(=O)CNC(=O)c1cccc(F)c1)C(=O)N(C)c1ccccc1. The molecule has 0 saturated heterocycles. The number of hydrogen-bond donors (Lipinski definition) is 1. The number of anilines is 1. The third kappa shape index (κ3) is 5.14. The van der Waals surface area contributed by atoms with Crippen molar-refractivity contribution in [3.8, 4) is 0 Å². The van der Waals surface area contributed by atoms with Crippen LogP contribution >= 0.6 is 0 Å². The first-order valence-corrected chi connectivity index (χ1v) is 7.94. The van der Waals surface area contributed by atoms with Gasteiger partial charge >= 0.3 is 5.97 Å². The van der Waals surface area contributed by atoms with Crippen molar-refractivity contribution >= 4 is 23.5 Å². The average molecular weight is 358 g/mol. The van der Waals surface area contributed by atoms with Gasteiger partial charge in [0.05, 0.1) is 0 Å². The van der Waals surface area contributed by atoms with Crippen LogP contribution in [0.3, 0.4) is 0 Å². The normalized spacial score (nSPS) is 11.3. The van der Waals surface area contributed by atoms with Crippen molar-refractivity contribution in [1.29, 1.82) is 0 Å². The van der Waals surface area contributed by atoms with Crippen molar-refractivity contribution in [2.24, 2.45) is 0 Å². The second-order valence-corrected chi connectivity index (χ2v) is 5.56. The lowest BCUT2D eigenvalue weighted by Gasteiger charge is -2.21. The minimum absolute atomic E-state index is 0.0886. The number of likely N-dealkylation sites (N-methyl/N-ethyl adjacent to an activating group) is 1. The molecule has 0 aliphatic heterocycles. The number of para-hydroxylation sites is 1. The van der Waals surface area contributed by atoms with Gasteiger partial charge in [-0.2, -0.15) is 0 Å². The van der Waals surface area contributed by atoms with Gasteiger partial charge in [-0.05, 0) is 37.3 Å². The molecule has 0 spiro atoms. The Hall–Kier alpha value is -3.22. The Morgan fingerprint density at radius 3 is 2.46 bits per heavy atom. The van der Waals surface area contributed by atoms with Crippen LogP contribution in [0.15, 0.2) is 54.6 Å². The first-order chi connectivity index (χ1) is 12.4. The molecule has 0 heterocycles. The maximum Gasteiger partial charge on any atom is 0.326 e. The van der Waals surface area contributed by atoms with E-state index in [9.17, 15) is 18.8 Å². The minimum Gasteiger partial charge on any atom is -0.451 e. The highest BCUT2D eigenvalue weighted by atomic mass is 19.1. The van der Waals surface area contributed by atoms with Crippen molar-refractivity contribution in [1.82, 2.24) is 5.32 Å². The highest BCUT2D eigenvalue weighted by Crippen LogP contribution is 2.13. The fourth-order valence-corrected chi connectivity index (χ4v) is 2.23. The lowest BCUT2D eigenvalue weighted by Crippen LogP contribution is -2.39. The quantitative estimate of drug-likeness (QED) is 0.803. The number of amides is 2. The van der Waals surface area contributed by atoms with Crippen LogP contribution in [0, 0.1) is 5.82 Å². The molecule has 2 aromatic carbocycles. The molecule has 0 unspecified atom stereocenters. The number of nitrogens with one attached hydrogen (secondary N) is 1. The number of hydrogen-bond acceptors (Lipinski definition) is 4. The summed E-state index contributed by atoms with van der Waals surface area (Å²) in [5, 5.41) is 2.33. The highest BCUT2D eigenvalue weighted by molar-refractivity contribution is 5.98. The standard InChI is InChI=1S/C19H19FN2O4/c1-13(19(25)22(2)16-9-4-3-5-10-16)26-17(23)12-21-18(24)14-7-6-8-15(20)11-14/h3-11,13H,12H2,1-2H3,(H,21,24)/t13-/m1/s1. The van der Waals surface area contributed by atoms with Gasteiger partial charge in [0.25, 0.3) is 11.8 Å². The fourth-order valence-electron chi connectivity index (χ4n) is 2.23. The summed E-state index contributed by atoms with van der Waals surface area (Å²) in [7, 11) is 1.58. The number of nitrogens with zero attached hydrogens (tertiary/aromatic N) is 1. The molecule has 7 heteroatoms. The van der Waals surface area contributed by atoms with E-state index in [1.165, 1.54) is 30.0 Å². The van der Waals surface area contributed by atoms with Crippen LogP contribution in [0.5, 0.6) is 0 Å². The summed E-state index contributed by atoms with van der Waals surface area (Å²) in [4.78, 5) is 37.4. The summed E-state index contributed by atoms with van der Waals surface area (Å²) >= 11 is 0. The first-order valence-electron chi connectivity index (χ1n) is 7.94. The summed E-state index contributed by atoms with van der Waals surface area (Å²) in [6, 6.07) is 14.0. The summed E-state index contributed by atoms with van der Waals surface area (Å²) in [5.74, 6) is -2.33. The zero-order valence-corrected chi connectivity index (χ0v) is 14.4. The van der Waals surface area contributed by atoms with Crippen LogP contribution in [-0.4, -0.2) is 37.5 Å². The molecule has 1 N–H and O–H groups in total. The van der Waals surface area contributed by atoms with Crippen LogP contribution in [0.2, 0.25) is 0 Å². The van der Waals surface area contributed by atoms with Gasteiger partial charge < -0.3 is 15.0 Å². The van der Waals surface area contributed by atoms with Crippen LogP contribution in [-0.2, 0) is 14.3 Å². The number of ether oxygens (including phenoxy) is 1. The number of benzene rings is 2. The molecule has 2 aromatic rings. The average Bonchev–Trinajstić information content (AvgIpc) is 2.65. The van der Waals surface area contributed by atoms with Gasteiger partial charge in [0.2, 0.25) is 0 Å². The second kappa shape index (κ2) is 8.75. The molecular weight excluding hydrogens is 339 g/mol. The largest absolute Gasteiger partial charge is 0.451 e. The van der Waals surface area contributed by atoms with Gasteiger partial charge in [0.1, 0.15) is 12.4 Å². The summed E-state index contributed by atoms with van der Waals surface area (Å²) in [6.45, 7) is 1.02. The van der Waals surface area contributed by atoms with E-state index >= 15 is 0 Å². The van der Waals surface area contributed by atoms with Gasteiger partial charge in [0.15, 0.2) is 6.10 Å². The number of esters is 1. The summed E-state index contributed by atoms with van der Waals surface area (Å²) < 4.78 is 18.1. The van der Waals surface area contributed by atoms with Crippen molar-refractivity contribution < 1.29 is 23.5 Å². The van der Waals surface area contributed by atoms with E-state index in [1.807, 2.05) is 6.07 Å². The third-order valence-electron chi connectivity index (χ3n) is 3.61. The first kappa shape index (κ1) is 19.1. The van der Waals surface area contributed by atoms with Gasteiger partial charge in [-0.15, -0.1) is 0 Å². The Morgan fingerprint density at radius 1 is 1.12 bits per heavy atom. The molecule has 0 aromatic heterocycles. The highest BCUT2D eigenvalue weighted by Gasteiger charge is 2.22. The lowest BCUT2D eigenvalue weighted by molar-refractivity contribution is -0.152. The van der Waals surface area contributed by atoms with Crippen LogP contribution < -0.4 is 10.2 Å². The molecule has 6 nitrogen and oxygen atoms in total. The van der Waals surface area contributed by atoms with E-state index in [2.05, 4.69) is 5.32 Å². The molecular formula is C19H19FN2O4. The van der Waals surface area contributed by atoms with Gasteiger partial charge in [0, 0.05) is 18.3 Å². The van der Waals surface area contributed by atoms with Crippen molar-refractivity contribution in [3.63, 3.8) is 0 Å². The molecule has 0 radical (unpaired) electrons. The van der Waals surface area contributed by atoms with Gasteiger partial charge in [-0.25, -0.2) is 4.39 Å². The Balaban J connectivity index is 1.85. The second-order valence-electron chi connectivity index (χ2n) is 5.56. The van der Waals surface area contributed by atoms with Gasteiger partial charge in [-0.1, -0.05) is 24.3 Å². The predicted octanol–water partition coefficient (Wildman–Crippen LogP) is 2.15. The predicted molar refractivity (Wildman–Crippen MR) is 94.1 cm³/mol. The molecule has 2 rings (SSSR count). The number of carbonyl (C=O) groups is 3. The maximum absolute atomic E-state index is 13.1. The van der Waals surface area contributed by atoms with E-state index in [1.54, 1.807) is 31.3 Å². The van der Waals surface area contributed by atoms with Crippen LogP contribution in [0.25, 0.3) is 0 Å². The zero-order chi connectivity index (χ0) is 19.1. The third-order valence-corrected chi connectivity index (χ3v) is 3.61. The molecule has 2 amide bonds.